The summed E-state index contributed by atoms with van der Waals surface area (Å²) >= 11 is 0. The molecule has 1 aromatic carbocycles. The largest absolute Gasteiger partial charge is 0.357 e. The third kappa shape index (κ3) is 1.47. The van der Waals surface area contributed by atoms with E-state index >= 15 is 0 Å². The van der Waals surface area contributed by atoms with Crippen LogP contribution in [0, 0.1) is 0 Å². The lowest BCUT2D eigenvalue weighted by Crippen LogP contribution is -1.96. The van der Waals surface area contributed by atoms with Crippen LogP contribution >= 0.6 is 0 Å². The molecule has 0 spiro atoms. The van der Waals surface area contributed by atoms with Gasteiger partial charge in [-0.15, -0.1) is 0 Å². The third-order valence-electron chi connectivity index (χ3n) is 2.22. The van der Waals surface area contributed by atoms with Gasteiger partial charge in [0.25, 0.3) is 0 Å². The lowest BCUT2D eigenvalue weighted by Gasteiger charge is -2.06. The fourth-order valence-corrected chi connectivity index (χ4v) is 1.26. The molecule has 0 atom stereocenters. The first-order chi connectivity index (χ1) is 6.27. The van der Waals surface area contributed by atoms with E-state index in [1.807, 2.05) is 30.5 Å². The molecule has 0 fully saturated rings. The van der Waals surface area contributed by atoms with Gasteiger partial charge in [0.15, 0.2) is 0 Å². The first kappa shape index (κ1) is 8.05. The number of allylic oxidation sites excluding steroid dienone is 2. The zero-order valence-corrected chi connectivity index (χ0v) is 7.83. The molecule has 1 aliphatic rings. The van der Waals surface area contributed by atoms with E-state index in [1.165, 1.54) is 5.57 Å². The van der Waals surface area contributed by atoms with Crippen LogP contribution in [0.25, 0.3) is 0 Å². The van der Waals surface area contributed by atoms with E-state index in [0.29, 0.717) is 0 Å². The molecule has 0 saturated carbocycles. The van der Waals surface area contributed by atoms with Gasteiger partial charge in [0.05, 0.1) is 11.4 Å². The zero-order chi connectivity index (χ0) is 9.26. The lowest BCUT2D eigenvalue weighted by atomic mass is 10.2. The van der Waals surface area contributed by atoms with Crippen LogP contribution in [0.1, 0.15) is 13.8 Å². The molecular weight excluding hydrogens is 160 g/mol. The Kier molecular flexibility index (Phi) is 1.89. The quantitative estimate of drug-likeness (QED) is 0.638. The predicted molar refractivity (Wildman–Crippen MR) is 56.6 cm³/mol. The molecule has 0 saturated heterocycles. The fraction of sp³-hybridized carbons (Fsp3) is 0.182. The normalized spacial score (nSPS) is 14.9. The van der Waals surface area contributed by atoms with E-state index in [1.54, 1.807) is 0 Å². The predicted octanol–water partition coefficient (Wildman–Crippen LogP) is 3.11. The standard InChI is InChI=1S/C11H12N2/c1-8-7-12-10-5-3-4-6-11(10)13-9(8)2/h3-7,13H,1-2H3. The fourth-order valence-electron chi connectivity index (χ4n) is 1.26. The number of fused-ring (bicyclic) bond motifs is 1. The van der Waals surface area contributed by atoms with Crippen LogP contribution in [0.4, 0.5) is 11.4 Å². The summed E-state index contributed by atoms with van der Waals surface area (Å²) < 4.78 is 0. The minimum atomic E-state index is 0.999. The van der Waals surface area contributed by atoms with Crippen LogP contribution < -0.4 is 5.32 Å². The molecule has 0 radical (unpaired) electrons. The molecule has 13 heavy (non-hydrogen) atoms. The summed E-state index contributed by atoms with van der Waals surface area (Å²) in [7, 11) is 0. The SMILES string of the molecule is CC1=C(C)Nc2ccccc2N=C1. The molecule has 1 N–H and O–H groups in total. The molecule has 2 heteroatoms. The molecule has 2 nitrogen and oxygen atoms in total. The Hall–Kier alpha value is -1.57. The zero-order valence-electron chi connectivity index (χ0n) is 7.83. The molecule has 0 amide bonds. The van der Waals surface area contributed by atoms with Gasteiger partial charge >= 0.3 is 0 Å². The monoisotopic (exact) mass is 172 g/mol. The Bertz CT molecular complexity index is 389. The van der Waals surface area contributed by atoms with Crippen molar-refractivity contribution in [1.29, 1.82) is 0 Å². The van der Waals surface area contributed by atoms with Gasteiger partial charge in [-0.1, -0.05) is 12.1 Å². The Labute approximate surface area is 78.0 Å². The topological polar surface area (TPSA) is 24.4 Å². The van der Waals surface area contributed by atoms with E-state index in [-0.39, 0.29) is 0 Å². The highest BCUT2D eigenvalue weighted by molar-refractivity contribution is 5.87. The number of nitrogens with zero attached hydrogens (tertiary/aromatic N) is 1. The van der Waals surface area contributed by atoms with Crippen molar-refractivity contribution >= 4 is 17.6 Å². The number of benzene rings is 1. The van der Waals surface area contributed by atoms with Gasteiger partial charge in [-0.05, 0) is 31.6 Å². The summed E-state index contributed by atoms with van der Waals surface area (Å²) in [6.45, 7) is 4.11. The summed E-state index contributed by atoms with van der Waals surface area (Å²) in [5.41, 5.74) is 4.41. The molecular formula is C11H12N2. The first-order valence-corrected chi connectivity index (χ1v) is 4.35. The number of nitrogens with one attached hydrogen (secondary N) is 1. The molecule has 1 heterocycles. The maximum atomic E-state index is 4.37. The summed E-state index contributed by atoms with van der Waals surface area (Å²) in [4.78, 5) is 4.37. The van der Waals surface area contributed by atoms with Crippen LogP contribution in [0.3, 0.4) is 0 Å². The Balaban J connectivity index is 2.51. The summed E-state index contributed by atoms with van der Waals surface area (Å²) in [6.07, 6.45) is 1.90. The summed E-state index contributed by atoms with van der Waals surface area (Å²) in [5.74, 6) is 0. The van der Waals surface area contributed by atoms with Crippen molar-refractivity contribution in [2.24, 2.45) is 4.99 Å². The molecule has 0 unspecified atom stereocenters. The van der Waals surface area contributed by atoms with E-state index < -0.39 is 0 Å². The van der Waals surface area contributed by atoms with E-state index in [2.05, 4.69) is 24.2 Å². The van der Waals surface area contributed by atoms with Crippen molar-refractivity contribution in [3.63, 3.8) is 0 Å². The van der Waals surface area contributed by atoms with Crippen molar-refractivity contribution in [2.75, 3.05) is 5.32 Å². The number of anilines is 1. The van der Waals surface area contributed by atoms with E-state index in [4.69, 9.17) is 0 Å². The second kappa shape index (κ2) is 3.05. The average molecular weight is 172 g/mol. The highest BCUT2D eigenvalue weighted by Crippen LogP contribution is 2.27. The lowest BCUT2D eigenvalue weighted by molar-refractivity contribution is 1.33. The van der Waals surface area contributed by atoms with Crippen molar-refractivity contribution in [1.82, 2.24) is 0 Å². The van der Waals surface area contributed by atoms with Gasteiger partial charge in [-0.25, -0.2) is 0 Å². The van der Waals surface area contributed by atoms with Gasteiger partial charge in [-0.2, -0.15) is 0 Å². The second-order valence-electron chi connectivity index (χ2n) is 3.21. The van der Waals surface area contributed by atoms with Crippen molar-refractivity contribution in [3.8, 4) is 0 Å². The Morgan fingerprint density at radius 2 is 1.92 bits per heavy atom. The molecule has 0 aliphatic carbocycles. The number of para-hydroxylation sites is 2. The molecule has 1 aromatic rings. The van der Waals surface area contributed by atoms with Gasteiger partial charge in [0, 0.05) is 11.9 Å². The van der Waals surface area contributed by atoms with Crippen molar-refractivity contribution in [3.05, 3.63) is 35.5 Å². The van der Waals surface area contributed by atoms with E-state index in [9.17, 15) is 0 Å². The average Bonchev–Trinajstić information content (AvgIpc) is 2.28. The molecule has 2 rings (SSSR count). The summed E-state index contributed by atoms with van der Waals surface area (Å²) in [6, 6.07) is 8.04. The third-order valence-corrected chi connectivity index (χ3v) is 2.22. The van der Waals surface area contributed by atoms with Crippen LogP contribution in [-0.2, 0) is 0 Å². The number of aliphatic imine (C=N–C) groups is 1. The first-order valence-electron chi connectivity index (χ1n) is 4.35. The maximum Gasteiger partial charge on any atom is 0.0864 e. The molecule has 0 bridgehead atoms. The molecule has 1 aliphatic heterocycles. The minimum absolute atomic E-state index is 0.999. The van der Waals surface area contributed by atoms with Crippen molar-refractivity contribution in [2.45, 2.75) is 13.8 Å². The maximum absolute atomic E-state index is 4.37. The number of rotatable bonds is 0. The van der Waals surface area contributed by atoms with E-state index in [0.717, 1.165) is 17.1 Å². The van der Waals surface area contributed by atoms with Gasteiger partial charge < -0.3 is 5.32 Å². The van der Waals surface area contributed by atoms with Crippen molar-refractivity contribution < 1.29 is 0 Å². The van der Waals surface area contributed by atoms with Crippen LogP contribution in [0.2, 0.25) is 0 Å². The highest BCUT2D eigenvalue weighted by atomic mass is 14.9. The molecule has 0 aromatic heterocycles. The van der Waals surface area contributed by atoms with Crippen LogP contribution in [-0.4, -0.2) is 6.21 Å². The van der Waals surface area contributed by atoms with Gasteiger partial charge in [0.1, 0.15) is 0 Å². The van der Waals surface area contributed by atoms with Crippen LogP contribution in [0.5, 0.6) is 0 Å². The minimum Gasteiger partial charge on any atom is -0.357 e. The smallest absolute Gasteiger partial charge is 0.0864 e. The number of hydrogen-bond donors (Lipinski definition) is 1. The van der Waals surface area contributed by atoms with Gasteiger partial charge in [0.2, 0.25) is 0 Å². The highest BCUT2D eigenvalue weighted by Gasteiger charge is 2.04. The summed E-state index contributed by atoms with van der Waals surface area (Å²) in [5, 5.41) is 3.33. The Morgan fingerprint density at radius 3 is 2.77 bits per heavy atom. The van der Waals surface area contributed by atoms with Crippen LogP contribution in [0.15, 0.2) is 40.5 Å². The molecule has 66 valence electrons. The second-order valence-corrected chi connectivity index (χ2v) is 3.21. The number of hydrogen-bond acceptors (Lipinski definition) is 2. The Morgan fingerprint density at radius 1 is 1.15 bits per heavy atom. The van der Waals surface area contributed by atoms with Gasteiger partial charge in [-0.3, -0.25) is 4.99 Å².